The molecule has 1 aliphatic rings. The Bertz CT molecular complexity index is 903. The van der Waals surface area contributed by atoms with Gasteiger partial charge in [0, 0.05) is 32.4 Å². The summed E-state index contributed by atoms with van der Waals surface area (Å²) in [5.74, 6) is 2.32. The zero-order valence-corrected chi connectivity index (χ0v) is 15.8. The van der Waals surface area contributed by atoms with Gasteiger partial charge in [-0.1, -0.05) is 6.07 Å². The lowest BCUT2D eigenvalue weighted by Gasteiger charge is -2.35. The van der Waals surface area contributed by atoms with Crippen LogP contribution in [0.5, 0.6) is 0 Å². The molecule has 1 amide bonds. The van der Waals surface area contributed by atoms with Gasteiger partial charge in [0.05, 0.1) is 4.88 Å². The number of piperazine rings is 1. The van der Waals surface area contributed by atoms with Gasteiger partial charge in [0.15, 0.2) is 11.6 Å². The molecule has 0 aliphatic carbocycles. The lowest BCUT2D eigenvalue weighted by Crippen LogP contribution is -2.49. The first-order valence-electron chi connectivity index (χ1n) is 8.80. The quantitative estimate of drug-likeness (QED) is 0.750. The van der Waals surface area contributed by atoms with Crippen LogP contribution in [0.4, 0.5) is 17.5 Å². The minimum Gasteiger partial charge on any atom is -0.352 e. The molecule has 0 spiro atoms. The molecular formula is C19H20N6OS. The number of aromatic nitrogens is 3. The van der Waals surface area contributed by atoms with E-state index in [1.165, 1.54) is 11.3 Å². The van der Waals surface area contributed by atoms with Gasteiger partial charge in [-0.15, -0.1) is 21.5 Å². The highest BCUT2D eigenvalue weighted by atomic mass is 32.1. The van der Waals surface area contributed by atoms with Crippen LogP contribution in [-0.2, 0) is 0 Å². The molecule has 138 valence electrons. The molecule has 1 saturated heterocycles. The van der Waals surface area contributed by atoms with E-state index >= 15 is 0 Å². The summed E-state index contributed by atoms with van der Waals surface area (Å²) in [5.41, 5.74) is 1.14. The van der Waals surface area contributed by atoms with Gasteiger partial charge in [-0.05, 0) is 48.2 Å². The van der Waals surface area contributed by atoms with Crippen LogP contribution in [0.2, 0.25) is 0 Å². The van der Waals surface area contributed by atoms with Gasteiger partial charge in [0.1, 0.15) is 5.82 Å². The summed E-state index contributed by atoms with van der Waals surface area (Å²) < 4.78 is 0. The SMILES string of the molecule is Cc1csc(C(=O)N2CCN(c3ccc(Nc4ccccn4)nn3)CC2)c1. The molecule has 0 aromatic carbocycles. The van der Waals surface area contributed by atoms with Crippen molar-refractivity contribution in [2.24, 2.45) is 0 Å². The first-order valence-corrected chi connectivity index (χ1v) is 9.68. The first-order chi connectivity index (χ1) is 13.2. The lowest BCUT2D eigenvalue weighted by atomic mass is 10.2. The van der Waals surface area contributed by atoms with E-state index in [4.69, 9.17) is 0 Å². The fourth-order valence-corrected chi connectivity index (χ4v) is 3.83. The van der Waals surface area contributed by atoms with E-state index in [0.717, 1.165) is 35.2 Å². The van der Waals surface area contributed by atoms with E-state index in [2.05, 4.69) is 25.4 Å². The Kier molecular flexibility index (Phi) is 4.97. The van der Waals surface area contributed by atoms with Crippen LogP contribution < -0.4 is 10.2 Å². The normalized spacial score (nSPS) is 14.3. The molecule has 1 N–H and O–H groups in total. The van der Waals surface area contributed by atoms with Gasteiger partial charge in [-0.2, -0.15) is 0 Å². The molecule has 0 atom stereocenters. The van der Waals surface area contributed by atoms with Crippen molar-refractivity contribution in [1.29, 1.82) is 0 Å². The fraction of sp³-hybridized carbons (Fsp3) is 0.263. The summed E-state index contributed by atoms with van der Waals surface area (Å²) in [6.45, 7) is 4.88. The molecule has 0 radical (unpaired) electrons. The Morgan fingerprint density at radius 2 is 1.93 bits per heavy atom. The van der Waals surface area contributed by atoms with E-state index in [-0.39, 0.29) is 5.91 Å². The molecule has 4 rings (SSSR count). The minimum atomic E-state index is 0.119. The molecule has 4 heterocycles. The molecule has 3 aromatic rings. The lowest BCUT2D eigenvalue weighted by molar-refractivity contribution is 0.0751. The number of thiophene rings is 1. The minimum absolute atomic E-state index is 0.119. The van der Waals surface area contributed by atoms with E-state index in [1.54, 1.807) is 6.20 Å². The molecule has 0 unspecified atom stereocenters. The number of aryl methyl sites for hydroxylation is 1. The van der Waals surface area contributed by atoms with Gasteiger partial charge >= 0.3 is 0 Å². The van der Waals surface area contributed by atoms with Gasteiger partial charge < -0.3 is 15.1 Å². The Labute approximate surface area is 161 Å². The summed E-state index contributed by atoms with van der Waals surface area (Å²) in [6.07, 6.45) is 1.72. The van der Waals surface area contributed by atoms with Crippen molar-refractivity contribution in [3.63, 3.8) is 0 Å². The van der Waals surface area contributed by atoms with Gasteiger partial charge in [0.25, 0.3) is 5.91 Å². The average molecular weight is 380 g/mol. The predicted molar refractivity (Wildman–Crippen MR) is 107 cm³/mol. The molecule has 0 bridgehead atoms. The summed E-state index contributed by atoms with van der Waals surface area (Å²) in [7, 11) is 0. The Balaban J connectivity index is 1.35. The maximum atomic E-state index is 12.6. The van der Waals surface area contributed by atoms with Crippen LogP contribution in [0, 0.1) is 6.92 Å². The number of carbonyl (C=O) groups is 1. The van der Waals surface area contributed by atoms with Gasteiger partial charge in [-0.3, -0.25) is 4.79 Å². The standard InChI is InChI=1S/C19H20N6OS/c1-14-12-15(27-13-14)19(26)25-10-8-24(9-11-25)18-6-5-17(22-23-18)21-16-4-2-3-7-20-16/h2-7,12-13H,8-11H2,1H3,(H,20,21,22). The van der Waals surface area contributed by atoms with E-state index in [1.807, 2.05) is 53.6 Å². The van der Waals surface area contributed by atoms with Crippen LogP contribution >= 0.6 is 11.3 Å². The van der Waals surface area contributed by atoms with Crippen molar-refractivity contribution in [2.75, 3.05) is 36.4 Å². The van der Waals surface area contributed by atoms with E-state index in [0.29, 0.717) is 18.9 Å². The summed E-state index contributed by atoms with van der Waals surface area (Å²) in [5, 5.41) is 13.7. The zero-order chi connectivity index (χ0) is 18.6. The highest BCUT2D eigenvalue weighted by Gasteiger charge is 2.23. The maximum absolute atomic E-state index is 12.6. The zero-order valence-electron chi connectivity index (χ0n) is 15.0. The van der Waals surface area contributed by atoms with Crippen molar-refractivity contribution in [1.82, 2.24) is 20.1 Å². The second-order valence-electron chi connectivity index (χ2n) is 6.38. The Morgan fingerprint density at radius 3 is 2.56 bits per heavy atom. The van der Waals surface area contributed by atoms with Crippen LogP contribution in [0.15, 0.2) is 48.0 Å². The second kappa shape index (κ2) is 7.71. The number of hydrogen-bond acceptors (Lipinski definition) is 7. The smallest absolute Gasteiger partial charge is 0.264 e. The van der Waals surface area contributed by atoms with Gasteiger partial charge in [-0.25, -0.2) is 4.98 Å². The first kappa shape index (κ1) is 17.4. The third-order valence-corrected chi connectivity index (χ3v) is 5.44. The number of carbonyl (C=O) groups excluding carboxylic acids is 1. The number of hydrogen-bond donors (Lipinski definition) is 1. The van der Waals surface area contributed by atoms with E-state index < -0.39 is 0 Å². The third kappa shape index (κ3) is 4.06. The van der Waals surface area contributed by atoms with Crippen LogP contribution in [0.25, 0.3) is 0 Å². The van der Waals surface area contributed by atoms with E-state index in [9.17, 15) is 4.79 Å². The summed E-state index contributed by atoms with van der Waals surface area (Å²) in [4.78, 5) is 21.6. The third-order valence-electron chi connectivity index (χ3n) is 4.40. The van der Waals surface area contributed by atoms with Crippen molar-refractivity contribution in [2.45, 2.75) is 6.92 Å². The molecule has 1 fully saturated rings. The fourth-order valence-electron chi connectivity index (χ4n) is 2.97. The van der Waals surface area contributed by atoms with Crippen LogP contribution in [0.1, 0.15) is 15.2 Å². The Morgan fingerprint density at radius 1 is 1.07 bits per heavy atom. The Hall–Kier alpha value is -3.00. The topological polar surface area (TPSA) is 74.2 Å². The number of nitrogens with one attached hydrogen (secondary N) is 1. The molecule has 3 aromatic heterocycles. The molecular weight excluding hydrogens is 360 g/mol. The van der Waals surface area contributed by atoms with Crippen molar-refractivity contribution >= 4 is 34.7 Å². The highest BCUT2D eigenvalue weighted by Crippen LogP contribution is 2.19. The average Bonchev–Trinajstić information content (AvgIpc) is 3.15. The second-order valence-corrected chi connectivity index (χ2v) is 7.30. The maximum Gasteiger partial charge on any atom is 0.264 e. The van der Waals surface area contributed by atoms with Crippen LogP contribution in [-0.4, -0.2) is 52.2 Å². The largest absolute Gasteiger partial charge is 0.352 e. The highest BCUT2D eigenvalue weighted by molar-refractivity contribution is 7.12. The molecule has 0 saturated carbocycles. The monoisotopic (exact) mass is 380 g/mol. The van der Waals surface area contributed by atoms with Crippen molar-refractivity contribution < 1.29 is 4.79 Å². The molecule has 8 heteroatoms. The molecule has 27 heavy (non-hydrogen) atoms. The number of anilines is 3. The summed E-state index contributed by atoms with van der Waals surface area (Å²) in [6, 6.07) is 11.4. The number of pyridine rings is 1. The predicted octanol–water partition coefficient (Wildman–Crippen LogP) is 2.95. The number of amides is 1. The molecule has 7 nitrogen and oxygen atoms in total. The number of nitrogens with zero attached hydrogens (tertiary/aromatic N) is 5. The van der Waals surface area contributed by atoms with Gasteiger partial charge in [0.2, 0.25) is 0 Å². The van der Waals surface area contributed by atoms with Crippen LogP contribution in [0.3, 0.4) is 0 Å². The number of rotatable bonds is 4. The molecule has 1 aliphatic heterocycles. The van der Waals surface area contributed by atoms with Crippen molar-refractivity contribution in [3.05, 3.63) is 58.4 Å². The van der Waals surface area contributed by atoms with Crippen molar-refractivity contribution in [3.8, 4) is 0 Å². The summed E-state index contributed by atoms with van der Waals surface area (Å²) >= 11 is 1.51.